The number of pyridine rings is 1. The standard InChI is InChI=1S/C9H9BrN2O2/c10-7-1-2-11-8(5-7)12-3-4-14-6-9(12)13/h1-2,5H,3-4,6H2. The highest BCUT2D eigenvalue weighted by Gasteiger charge is 2.20. The summed E-state index contributed by atoms with van der Waals surface area (Å²) in [6, 6.07) is 3.65. The molecule has 1 aromatic heterocycles. The largest absolute Gasteiger partial charge is 0.370 e. The molecule has 1 saturated heterocycles. The fourth-order valence-corrected chi connectivity index (χ4v) is 1.62. The van der Waals surface area contributed by atoms with Gasteiger partial charge in [0.2, 0.25) is 0 Å². The Hall–Kier alpha value is -0.940. The normalized spacial score (nSPS) is 17.2. The summed E-state index contributed by atoms with van der Waals surface area (Å²) in [7, 11) is 0. The molecule has 4 nitrogen and oxygen atoms in total. The zero-order valence-corrected chi connectivity index (χ0v) is 9.03. The lowest BCUT2D eigenvalue weighted by molar-refractivity contribution is -0.125. The van der Waals surface area contributed by atoms with Gasteiger partial charge in [0, 0.05) is 10.7 Å². The minimum atomic E-state index is -0.0400. The SMILES string of the molecule is O=C1COCCN1c1cc(Br)ccn1. The minimum Gasteiger partial charge on any atom is -0.370 e. The molecule has 2 rings (SSSR count). The lowest BCUT2D eigenvalue weighted by atomic mass is 10.3. The number of aromatic nitrogens is 1. The summed E-state index contributed by atoms with van der Waals surface area (Å²) in [5.74, 6) is 0.634. The Kier molecular flexibility index (Phi) is 2.79. The van der Waals surface area contributed by atoms with E-state index in [4.69, 9.17) is 4.74 Å². The summed E-state index contributed by atoms with van der Waals surface area (Å²) >= 11 is 3.34. The summed E-state index contributed by atoms with van der Waals surface area (Å²) in [4.78, 5) is 17.2. The molecule has 0 saturated carbocycles. The van der Waals surface area contributed by atoms with Gasteiger partial charge in [0.15, 0.2) is 0 Å². The molecule has 0 aromatic carbocycles. The van der Waals surface area contributed by atoms with Crippen molar-refractivity contribution in [2.45, 2.75) is 0 Å². The number of carbonyl (C=O) groups is 1. The van der Waals surface area contributed by atoms with Crippen LogP contribution in [0.1, 0.15) is 0 Å². The van der Waals surface area contributed by atoms with Crippen molar-refractivity contribution in [3.05, 3.63) is 22.8 Å². The first kappa shape index (κ1) is 9.61. The van der Waals surface area contributed by atoms with Crippen LogP contribution in [-0.4, -0.2) is 30.6 Å². The second-order valence-electron chi connectivity index (χ2n) is 2.93. The molecular formula is C9H9BrN2O2. The second kappa shape index (κ2) is 4.06. The van der Waals surface area contributed by atoms with E-state index in [-0.39, 0.29) is 12.5 Å². The number of nitrogens with zero attached hydrogens (tertiary/aromatic N) is 2. The molecule has 1 aliphatic rings. The molecule has 0 bridgehead atoms. The van der Waals surface area contributed by atoms with Crippen LogP contribution in [0.25, 0.3) is 0 Å². The molecule has 0 radical (unpaired) electrons. The van der Waals surface area contributed by atoms with Crippen molar-refractivity contribution < 1.29 is 9.53 Å². The van der Waals surface area contributed by atoms with Gasteiger partial charge in [-0.25, -0.2) is 4.98 Å². The third kappa shape index (κ3) is 1.93. The van der Waals surface area contributed by atoms with Crippen LogP contribution < -0.4 is 4.90 Å². The molecule has 1 aromatic rings. The van der Waals surface area contributed by atoms with Crippen molar-refractivity contribution in [1.29, 1.82) is 0 Å². The van der Waals surface area contributed by atoms with Gasteiger partial charge in [-0.15, -0.1) is 0 Å². The first-order valence-electron chi connectivity index (χ1n) is 4.27. The molecule has 1 aliphatic heterocycles. The average Bonchev–Trinajstić information content (AvgIpc) is 2.18. The summed E-state index contributed by atoms with van der Waals surface area (Å²) in [5.41, 5.74) is 0. The Bertz CT molecular complexity index is 356. The van der Waals surface area contributed by atoms with E-state index < -0.39 is 0 Å². The van der Waals surface area contributed by atoms with Crippen LogP contribution in [0.2, 0.25) is 0 Å². The molecule has 5 heteroatoms. The topological polar surface area (TPSA) is 42.4 Å². The second-order valence-corrected chi connectivity index (χ2v) is 3.85. The summed E-state index contributed by atoms with van der Waals surface area (Å²) in [5, 5.41) is 0. The maximum atomic E-state index is 11.5. The lowest BCUT2D eigenvalue weighted by Crippen LogP contribution is -2.42. The summed E-state index contributed by atoms with van der Waals surface area (Å²) in [6.07, 6.45) is 1.67. The van der Waals surface area contributed by atoms with Crippen LogP contribution in [-0.2, 0) is 9.53 Å². The van der Waals surface area contributed by atoms with Gasteiger partial charge < -0.3 is 4.74 Å². The van der Waals surface area contributed by atoms with E-state index in [9.17, 15) is 4.79 Å². The van der Waals surface area contributed by atoms with E-state index in [0.29, 0.717) is 19.0 Å². The number of anilines is 1. The van der Waals surface area contributed by atoms with Crippen LogP contribution in [0.3, 0.4) is 0 Å². The molecule has 0 atom stereocenters. The van der Waals surface area contributed by atoms with Crippen LogP contribution in [0.5, 0.6) is 0 Å². The fourth-order valence-electron chi connectivity index (χ4n) is 1.30. The molecule has 0 unspecified atom stereocenters. The maximum absolute atomic E-state index is 11.5. The molecule has 0 N–H and O–H groups in total. The van der Waals surface area contributed by atoms with E-state index in [1.54, 1.807) is 11.1 Å². The van der Waals surface area contributed by atoms with Crippen LogP contribution in [0.15, 0.2) is 22.8 Å². The van der Waals surface area contributed by atoms with Crippen LogP contribution >= 0.6 is 15.9 Å². The van der Waals surface area contributed by atoms with E-state index in [1.165, 1.54) is 0 Å². The van der Waals surface area contributed by atoms with Gasteiger partial charge in [-0.3, -0.25) is 9.69 Å². The van der Waals surface area contributed by atoms with Gasteiger partial charge in [-0.05, 0) is 12.1 Å². The monoisotopic (exact) mass is 256 g/mol. The van der Waals surface area contributed by atoms with Crippen molar-refractivity contribution in [2.24, 2.45) is 0 Å². The zero-order valence-electron chi connectivity index (χ0n) is 7.44. The third-order valence-corrected chi connectivity index (χ3v) is 2.46. The minimum absolute atomic E-state index is 0.0400. The number of hydrogen-bond donors (Lipinski definition) is 0. The zero-order chi connectivity index (χ0) is 9.97. The predicted molar refractivity (Wildman–Crippen MR) is 55.1 cm³/mol. The molecule has 0 spiro atoms. The highest BCUT2D eigenvalue weighted by molar-refractivity contribution is 9.10. The van der Waals surface area contributed by atoms with Gasteiger partial charge in [0.25, 0.3) is 5.91 Å². The number of rotatable bonds is 1. The Labute approximate surface area is 90.0 Å². The Morgan fingerprint density at radius 2 is 2.43 bits per heavy atom. The van der Waals surface area contributed by atoms with Gasteiger partial charge in [0.1, 0.15) is 12.4 Å². The van der Waals surface area contributed by atoms with Gasteiger partial charge >= 0.3 is 0 Å². The number of hydrogen-bond acceptors (Lipinski definition) is 3. The first-order valence-corrected chi connectivity index (χ1v) is 5.06. The van der Waals surface area contributed by atoms with Crippen molar-refractivity contribution >= 4 is 27.7 Å². The Morgan fingerprint density at radius 3 is 3.14 bits per heavy atom. The lowest BCUT2D eigenvalue weighted by Gasteiger charge is -2.25. The van der Waals surface area contributed by atoms with Crippen molar-refractivity contribution in [3.63, 3.8) is 0 Å². The third-order valence-electron chi connectivity index (χ3n) is 1.97. The van der Waals surface area contributed by atoms with Crippen molar-refractivity contribution in [1.82, 2.24) is 4.98 Å². The number of amides is 1. The predicted octanol–water partition coefficient (Wildman–Crippen LogP) is 1.21. The van der Waals surface area contributed by atoms with Gasteiger partial charge in [-0.1, -0.05) is 15.9 Å². The van der Waals surface area contributed by atoms with Gasteiger partial charge in [-0.2, -0.15) is 0 Å². The van der Waals surface area contributed by atoms with Crippen LogP contribution in [0, 0.1) is 0 Å². The van der Waals surface area contributed by atoms with E-state index in [2.05, 4.69) is 20.9 Å². The van der Waals surface area contributed by atoms with Crippen LogP contribution in [0.4, 0.5) is 5.82 Å². The number of halogens is 1. The number of carbonyl (C=O) groups excluding carboxylic acids is 1. The molecule has 74 valence electrons. The highest BCUT2D eigenvalue weighted by Crippen LogP contribution is 2.18. The summed E-state index contributed by atoms with van der Waals surface area (Å²) in [6.45, 7) is 1.29. The molecule has 14 heavy (non-hydrogen) atoms. The molecule has 2 heterocycles. The maximum Gasteiger partial charge on any atom is 0.254 e. The van der Waals surface area contributed by atoms with Crippen molar-refractivity contribution in [3.8, 4) is 0 Å². The number of ether oxygens (including phenoxy) is 1. The fraction of sp³-hybridized carbons (Fsp3) is 0.333. The van der Waals surface area contributed by atoms with Gasteiger partial charge in [0.05, 0.1) is 13.2 Å². The molecule has 1 fully saturated rings. The molecule has 0 aliphatic carbocycles. The van der Waals surface area contributed by atoms with E-state index >= 15 is 0 Å². The molecule has 1 amide bonds. The smallest absolute Gasteiger partial charge is 0.254 e. The summed E-state index contributed by atoms with van der Waals surface area (Å²) < 4.78 is 5.95. The van der Waals surface area contributed by atoms with E-state index in [1.807, 2.05) is 12.1 Å². The Morgan fingerprint density at radius 1 is 1.57 bits per heavy atom. The quantitative estimate of drug-likeness (QED) is 0.759. The number of morpholine rings is 1. The average molecular weight is 257 g/mol. The van der Waals surface area contributed by atoms with Crippen molar-refractivity contribution in [2.75, 3.05) is 24.7 Å². The highest BCUT2D eigenvalue weighted by atomic mass is 79.9. The van der Waals surface area contributed by atoms with E-state index in [0.717, 1.165) is 4.47 Å². The first-order chi connectivity index (χ1) is 6.77. The molecular weight excluding hydrogens is 248 g/mol. The Balaban J connectivity index is 2.24.